The van der Waals surface area contributed by atoms with Gasteiger partial charge in [-0.15, -0.1) is 0 Å². The molecule has 4 aromatic rings. The van der Waals surface area contributed by atoms with E-state index in [4.69, 9.17) is 10.7 Å². The van der Waals surface area contributed by atoms with Crippen molar-refractivity contribution >= 4 is 16.7 Å². The zero-order valence-electron chi connectivity index (χ0n) is 13.4. The van der Waals surface area contributed by atoms with Gasteiger partial charge in [0.2, 0.25) is 0 Å². The number of hydrogen-bond acceptors (Lipinski definition) is 2. The van der Waals surface area contributed by atoms with Gasteiger partial charge in [-0.2, -0.15) is 0 Å². The summed E-state index contributed by atoms with van der Waals surface area (Å²) in [5, 5.41) is 0. The van der Waals surface area contributed by atoms with Crippen molar-refractivity contribution in [1.82, 2.24) is 9.97 Å². The lowest BCUT2D eigenvalue weighted by molar-refractivity contribution is 1.26. The Balaban J connectivity index is 1.80. The van der Waals surface area contributed by atoms with Crippen molar-refractivity contribution in [2.24, 2.45) is 0 Å². The van der Waals surface area contributed by atoms with Crippen LogP contribution in [0.1, 0.15) is 16.7 Å². The molecule has 3 N–H and O–H groups in total. The third kappa shape index (κ3) is 1.81. The number of H-pyrrole nitrogens is 1. The van der Waals surface area contributed by atoms with Crippen LogP contribution in [0.15, 0.2) is 54.6 Å². The fraction of sp³-hybridized carbons (Fsp3) is 0.0952. The predicted octanol–water partition coefficient (Wildman–Crippen LogP) is 4.69. The first kappa shape index (κ1) is 13.4. The zero-order valence-corrected chi connectivity index (χ0v) is 13.4. The molecular formula is C21H17N3. The van der Waals surface area contributed by atoms with Gasteiger partial charge in [0, 0.05) is 17.7 Å². The van der Waals surface area contributed by atoms with Crippen LogP contribution >= 0.6 is 0 Å². The lowest BCUT2D eigenvalue weighted by Gasteiger charge is -2.09. The number of imidazole rings is 1. The number of anilines is 1. The summed E-state index contributed by atoms with van der Waals surface area (Å²) in [5.74, 6) is 0.906. The largest absolute Gasteiger partial charge is 0.398 e. The molecule has 24 heavy (non-hydrogen) atoms. The molecule has 1 aromatic heterocycles. The van der Waals surface area contributed by atoms with Gasteiger partial charge in [-0.05, 0) is 59.0 Å². The topological polar surface area (TPSA) is 54.7 Å². The Kier molecular flexibility index (Phi) is 2.63. The monoisotopic (exact) mass is 311 g/mol. The molecule has 1 aliphatic carbocycles. The van der Waals surface area contributed by atoms with Crippen LogP contribution in [0, 0.1) is 6.92 Å². The maximum Gasteiger partial charge on any atom is 0.139 e. The maximum absolute atomic E-state index is 6.26. The first-order chi connectivity index (χ1) is 11.7. The SMILES string of the molecule is Cc1ccc2nc(-c3ccc(N)c4c3-c3ccccc3C4)[nH]c2c1. The minimum absolute atomic E-state index is 0.858. The number of aromatic amines is 1. The summed E-state index contributed by atoms with van der Waals surface area (Å²) < 4.78 is 0. The number of nitrogen functional groups attached to an aromatic ring is 1. The van der Waals surface area contributed by atoms with Crippen LogP contribution in [0.3, 0.4) is 0 Å². The Morgan fingerprint density at radius 1 is 1.00 bits per heavy atom. The van der Waals surface area contributed by atoms with Gasteiger partial charge in [0.15, 0.2) is 0 Å². The summed E-state index contributed by atoms with van der Waals surface area (Å²) in [5.41, 5.74) is 16.6. The molecule has 0 radical (unpaired) electrons. The first-order valence-corrected chi connectivity index (χ1v) is 8.17. The van der Waals surface area contributed by atoms with Crippen LogP contribution in [-0.2, 0) is 6.42 Å². The number of nitrogens with one attached hydrogen (secondary N) is 1. The summed E-state index contributed by atoms with van der Waals surface area (Å²) in [7, 11) is 0. The van der Waals surface area contributed by atoms with Gasteiger partial charge in [0.1, 0.15) is 5.82 Å². The van der Waals surface area contributed by atoms with E-state index < -0.39 is 0 Å². The molecule has 0 saturated carbocycles. The number of fused-ring (bicyclic) bond motifs is 4. The van der Waals surface area contributed by atoms with Gasteiger partial charge in [0.05, 0.1) is 11.0 Å². The van der Waals surface area contributed by atoms with E-state index in [-0.39, 0.29) is 0 Å². The highest BCUT2D eigenvalue weighted by atomic mass is 14.9. The molecule has 0 spiro atoms. The molecular weight excluding hydrogens is 294 g/mol. The van der Waals surface area contributed by atoms with Crippen molar-refractivity contribution < 1.29 is 0 Å². The molecule has 116 valence electrons. The molecule has 0 unspecified atom stereocenters. The smallest absolute Gasteiger partial charge is 0.139 e. The molecule has 0 amide bonds. The van der Waals surface area contributed by atoms with Gasteiger partial charge in [-0.3, -0.25) is 0 Å². The van der Waals surface area contributed by atoms with E-state index in [1.165, 1.54) is 27.8 Å². The van der Waals surface area contributed by atoms with E-state index in [1.54, 1.807) is 0 Å². The molecule has 0 fully saturated rings. The lowest BCUT2D eigenvalue weighted by Crippen LogP contribution is -1.95. The van der Waals surface area contributed by atoms with Crippen molar-refractivity contribution in [1.29, 1.82) is 0 Å². The Morgan fingerprint density at radius 2 is 1.88 bits per heavy atom. The van der Waals surface area contributed by atoms with E-state index in [0.29, 0.717) is 0 Å². The third-order valence-corrected chi connectivity index (χ3v) is 4.90. The average Bonchev–Trinajstić information content (AvgIpc) is 3.17. The highest BCUT2D eigenvalue weighted by molar-refractivity contribution is 5.93. The van der Waals surface area contributed by atoms with Crippen LogP contribution < -0.4 is 5.73 Å². The van der Waals surface area contributed by atoms with Crippen molar-refractivity contribution in [2.45, 2.75) is 13.3 Å². The Hall–Kier alpha value is -3.07. The number of rotatable bonds is 1. The maximum atomic E-state index is 6.26. The van der Waals surface area contributed by atoms with Gasteiger partial charge in [-0.1, -0.05) is 30.3 Å². The minimum Gasteiger partial charge on any atom is -0.398 e. The Labute approximate surface area is 140 Å². The number of nitrogens with zero attached hydrogens (tertiary/aromatic N) is 1. The van der Waals surface area contributed by atoms with Crippen molar-refractivity contribution in [3.63, 3.8) is 0 Å². The molecule has 3 heteroatoms. The van der Waals surface area contributed by atoms with Crippen molar-refractivity contribution in [3.8, 4) is 22.5 Å². The molecule has 0 atom stereocenters. The summed E-state index contributed by atoms with van der Waals surface area (Å²) in [6.45, 7) is 2.09. The van der Waals surface area contributed by atoms with Crippen LogP contribution in [0.5, 0.6) is 0 Å². The second-order valence-electron chi connectivity index (χ2n) is 6.50. The Bertz CT molecular complexity index is 1110. The molecule has 0 aliphatic heterocycles. The number of nitrogens with two attached hydrogens (primary N) is 1. The van der Waals surface area contributed by atoms with Crippen molar-refractivity contribution in [3.05, 3.63) is 71.3 Å². The molecule has 1 heterocycles. The van der Waals surface area contributed by atoms with Crippen LogP contribution in [-0.4, -0.2) is 9.97 Å². The van der Waals surface area contributed by atoms with Crippen LogP contribution in [0.4, 0.5) is 5.69 Å². The minimum atomic E-state index is 0.858. The van der Waals surface area contributed by atoms with E-state index >= 15 is 0 Å². The van der Waals surface area contributed by atoms with Crippen molar-refractivity contribution in [2.75, 3.05) is 5.73 Å². The highest BCUT2D eigenvalue weighted by Gasteiger charge is 2.24. The fourth-order valence-electron chi connectivity index (χ4n) is 3.72. The standard InChI is InChI=1S/C21H17N3/c1-12-6-9-18-19(10-12)24-21(23-18)15-7-8-17(22)16-11-13-4-2-3-5-14(13)20(15)16/h2-10H,11,22H2,1H3,(H,23,24). The first-order valence-electron chi connectivity index (χ1n) is 8.17. The molecule has 3 aromatic carbocycles. The summed E-state index contributed by atoms with van der Waals surface area (Å²) >= 11 is 0. The molecule has 0 saturated heterocycles. The molecule has 5 rings (SSSR count). The van der Waals surface area contributed by atoms with E-state index in [1.807, 2.05) is 6.07 Å². The van der Waals surface area contributed by atoms with Crippen LogP contribution in [0.25, 0.3) is 33.5 Å². The van der Waals surface area contributed by atoms with E-state index in [0.717, 1.165) is 34.5 Å². The third-order valence-electron chi connectivity index (χ3n) is 4.90. The van der Waals surface area contributed by atoms with E-state index in [2.05, 4.69) is 60.4 Å². The van der Waals surface area contributed by atoms with Gasteiger partial charge in [-0.25, -0.2) is 4.98 Å². The second kappa shape index (κ2) is 4.71. The fourth-order valence-corrected chi connectivity index (χ4v) is 3.72. The summed E-state index contributed by atoms with van der Waals surface area (Å²) in [6, 6.07) is 18.9. The number of aromatic nitrogens is 2. The quantitative estimate of drug-likeness (QED) is 0.441. The molecule has 1 aliphatic rings. The summed E-state index contributed by atoms with van der Waals surface area (Å²) in [6.07, 6.45) is 0.893. The predicted molar refractivity (Wildman–Crippen MR) is 98.9 cm³/mol. The van der Waals surface area contributed by atoms with Gasteiger partial charge < -0.3 is 10.7 Å². The zero-order chi connectivity index (χ0) is 16.3. The number of hydrogen-bond donors (Lipinski definition) is 2. The molecule has 3 nitrogen and oxygen atoms in total. The molecule has 0 bridgehead atoms. The van der Waals surface area contributed by atoms with E-state index in [9.17, 15) is 0 Å². The van der Waals surface area contributed by atoms with Gasteiger partial charge >= 0.3 is 0 Å². The van der Waals surface area contributed by atoms with Gasteiger partial charge in [0.25, 0.3) is 0 Å². The normalized spacial score (nSPS) is 12.4. The summed E-state index contributed by atoms with van der Waals surface area (Å²) in [4.78, 5) is 8.29. The number of aryl methyl sites for hydroxylation is 1. The lowest BCUT2D eigenvalue weighted by atomic mass is 9.98. The Morgan fingerprint density at radius 3 is 2.79 bits per heavy atom. The highest BCUT2D eigenvalue weighted by Crippen LogP contribution is 2.44. The second-order valence-corrected chi connectivity index (χ2v) is 6.50. The average molecular weight is 311 g/mol. The van der Waals surface area contributed by atoms with Crippen LogP contribution in [0.2, 0.25) is 0 Å². The number of benzene rings is 3.